The van der Waals surface area contributed by atoms with Gasteiger partial charge in [0.05, 0.1) is 10.4 Å². The van der Waals surface area contributed by atoms with Gasteiger partial charge in [-0.15, -0.1) is 0 Å². The van der Waals surface area contributed by atoms with Crippen molar-refractivity contribution in [3.63, 3.8) is 0 Å². The summed E-state index contributed by atoms with van der Waals surface area (Å²) in [6, 6.07) is 8.36. The molecule has 3 rings (SSSR count). The van der Waals surface area contributed by atoms with Gasteiger partial charge in [0.1, 0.15) is 0 Å². The third kappa shape index (κ3) is 4.04. The van der Waals surface area contributed by atoms with E-state index in [2.05, 4.69) is 4.72 Å². The number of hydrogen-bond donors (Lipinski definition) is 1. The Morgan fingerprint density at radius 3 is 2.64 bits per heavy atom. The number of benzene rings is 1. The van der Waals surface area contributed by atoms with Crippen molar-refractivity contribution in [2.75, 3.05) is 26.8 Å². The number of ether oxygens (including phenoxy) is 1. The van der Waals surface area contributed by atoms with E-state index < -0.39 is 15.6 Å². The van der Waals surface area contributed by atoms with E-state index in [9.17, 15) is 13.2 Å². The van der Waals surface area contributed by atoms with Gasteiger partial charge in [-0.2, -0.15) is 0 Å². The normalized spacial score (nSPS) is 24.3. The van der Waals surface area contributed by atoms with Gasteiger partial charge in [0.2, 0.25) is 15.9 Å². The molecule has 1 saturated carbocycles. The van der Waals surface area contributed by atoms with Crippen LogP contribution < -0.4 is 4.72 Å². The molecule has 2 fully saturated rings. The van der Waals surface area contributed by atoms with Crippen LogP contribution >= 0.6 is 0 Å². The third-order valence-electron chi connectivity index (χ3n) is 5.31. The first-order valence-electron chi connectivity index (χ1n) is 8.83. The van der Waals surface area contributed by atoms with E-state index in [-0.39, 0.29) is 16.7 Å². The Kier molecular flexibility index (Phi) is 5.46. The fourth-order valence-corrected chi connectivity index (χ4v) is 5.03. The standard InChI is InChI=1S/C18H26N2O4S/c1-24-13-11-18(19-25(22,23)16-8-3-2-4-9-16)10-12-20(14-18)17(21)15-6-5-7-15/h2-4,8-9,15,19H,5-7,10-14H2,1H3. The van der Waals surface area contributed by atoms with Gasteiger partial charge >= 0.3 is 0 Å². The molecule has 1 aliphatic heterocycles. The summed E-state index contributed by atoms with van der Waals surface area (Å²) in [7, 11) is -2.03. The molecular formula is C18H26N2O4S. The minimum absolute atomic E-state index is 0.129. The molecule has 25 heavy (non-hydrogen) atoms. The van der Waals surface area contributed by atoms with Crippen LogP contribution in [0.5, 0.6) is 0 Å². The van der Waals surface area contributed by atoms with Crippen molar-refractivity contribution in [1.29, 1.82) is 0 Å². The molecule has 0 aromatic heterocycles. The molecule has 1 unspecified atom stereocenters. The van der Waals surface area contributed by atoms with Crippen LogP contribution in [0.3, 0.4) is 0 Å². The topological polar surface area (TPSA) is 75.7 Å². The van der Waals surface area contributed by atoms with Gasteiger partial charge in [-0.05, 0) is 37.8 Å². The zero-order chi connectivity index (χ0) is 17.9. The lowest BCUT2D eigenvalue weighted by Crippen LogP contribution is -2.52. The van der Waals surface area contributed by atoms with E-state index in [1.54, 1.807) is 37.4 Å². The van der Waals surface area contributed by atoms with E-state index in [0.29, 0.717) is 32.5 Å². The number of methoxy groups -OCH3 is 1. The van der Waals surface area contributed by atoms with Gasteiger partial charge in [0.15, 0.2) is 0 Å². The lowest BCUT2D eigenvalue weighted by Gasteiger charge is -2.32. The summed E-state index contributed by atoms with van der Waals surface area (Å²) in [6.45, 7) is 1.46. The van der Waals surface area contributed by atoms with Gasteiger partial charge in [0.25, 0.3) is 0 Å². The second-order valence-corrected chi connectivity index (χ2v) is 8.76. The van der Waals surface area contributed by atoms with Gasteiger partial charge in [-0.3, -0.25) is 4.79 Å². The average Bonchev–Trinajstić information content (AvgIpc) is 2.96. The summed E-state index contributed by atoms with van der Waals surface area (Å²) in [6.07, 6.45) is 4.18. The first kappa shape index (κ1) is 18.4. The Balaban J connectivity index is 1.76. The highest BCUT2D eigenvalue weighted by atomic mass is 32.2. The number of hydrogen-bond acceptors (Lipinski definition) is 4. The zero-order valence-electron chi connectivity index (χ0n) is 14.6. The molecule has 2 aliphatic rings. The molecule has 1 amide bonds. The smallest absolute Gasteiger partial charge is 0.241 e. The molecule has 0 radical (unpaired) electrons. The number of likely N-dealkylation sites (tertiary alicyclic amines) is 1. The predicted molar refractivity (Wildman–Crippen MR) is 94.5 cm³/mol. The van der Waals surface area contributed by atoms with Crippen LogP contribution in [0.15, 0.2) is 35.2 Å². The fraction of sp³-hybridized carbons (Fsp3) is 0.611. The largest absolute Gasteiger partial charge is 0.385 e. The Hall–Kier alpha value is -1.44. The lowest BCUT2D eigenvalue weighted by atomic mass is 9.84. The predicted octanol–water partition coefficient (Wildman–Crippen LogP) is 1.77. The van der Waals surface area contributed by atoms with Crippen LogP contribution in [0.1, 0.15) is 32.1 Å². The van der Waals surface area contributed by atoms with Crippen molar-refractivity contribution in [2.24, 2.45) is 5.92 Å². The first-order valence-corrected chi connectivity index (χ1v) is 10.3. The maximum atomic E-state index is 12.8. The molecular weight excluding hydrogens is 340 g/mol. The summed E-state index contributed by atoms with van der Waals surface area (Å²) in [5.41, 5.74) is -0.663. The molecule has 1 aromatic carbocycles. The van der Waals surface area contributed by atoms with Crippen molar-refractivity contribution in [3.8, 4) is 0 Å². The lowest BCUT2D eigenvalue weighted by molar-refractivity contribution is -0.137. The van der Waals surface area contributed by atoms with Crippen LogP contribution in [0.2, 0.25) is 0 Å². The van der Waals surface area contributed by atoms with E-state index in [1.165, 1.54) is 0 Å². The van der Waals surface area contributed by atoms with E-state index >= 15 is 0 Å². The second kappa shape index (κ2) is 7.43. The van der Waals surface area contributed by atoms with Gasteiger partial charge in [-0.25, -0.2) is 13.1 Å². The molecule has 0 spiro atoms. The van der Waals surface area contributed by atoms with Gasteiger partial charge in [0, 0.05) is 32.7 Å². The number of carbonyl (C=O) groups excluding carboxylic acids is 1. The highest BCUT2D eigenvalue weighted by Crippen LogP contribution is 2.33. The van der Waals surface area contributed by atoms with Crippen molar-refractivity contribution in [3.05, 3.63) is 30.3 Å². The summed E-state index contributed by atoms with van der Waals surface area (Å²) in [5, 5.41) is 0. The van der Waals surface area contributed by atoms with Crippen molar-refractivity contribution in [1.82, 2.24) is 9.62 Å². The van der Waals surface area contributed by atoms with Crippen LogP contribution in [-0.4, -0.2) is 51.6 Å². The zero-order valence-corrected chi connectivity index (χ0v) is 15.4. The summed E-state index contributed by atoms with van der Waals surface area (Å²) >= 11 is 0. The fourth-order valence-electron chi connectivity index (χ4n) is 3.55. The average molecular weight is 366 g/mol. The maximum absolute atomic E-state index is 12.8. The van der Waals surface area contributed by atoms with Crippen molar-refractivity contribution >= 4 is 15.9 Å². The SMILES string of the molecule is COCCC1(NS(=O)(=O)c2ccccc2)CCN(C(=O)C2CCC2)C1. The Bertz CT molecular complexity index is 703. The number of nitrogens with zero attached hydrogens (tertiary/aromatic N) is 1. The van der Waals surface area contributed by atoms with Crippen LogP contribution in [0.4, 0.5) is 0 Å². The van der Waals surface area contributed by atoms with Gasteiger partial charge < -0.3 is 9.64 Å². The summed E-state index contributed by atoms with van der Waals surface area (Å²) < 4.78 is 33.6. The number of amides is 1. The number of nitrogens with one attached hydrogen (secondary N) is 1. The summed E-state index contributed by atoms with van der Waals surface area (Å²) in [5.74, 6) is 0.299. The second-order valence-electron chi connectivity index (χ2n) is 7.08. The van der Waals surface area contributed by atoms with Crippen LogP contribution in [0.25, 0.3) is 0 Å². The monoisotopic (exact) mass is 366 g/mol. The molecule has 1 atom stereocenters. The Morgan fingerprint density at radius 2 is 2.04 bits per heavy atom. The van der Waals surface area contributed by atoms with E-state index in [1.807, 2.05) is 4.90 Å². The maximum Gasteiger partial charge on any atom is 0.241 e. The molecule has 6 nitrogen and oxygen atoms in total. The summed E-state index contributed by atoms with van der Waals surface area (Å²) in [4.78, 5) is 14.6. The molecule has 1 aliphatic carbocycles. The van der Waals surface area contributed by atoms with E-state index in [4.69, 9.17) is 4.74 Å². The van der Waals surface area contributed by atoms with Crippen molar-refractivity contribution in [2.45, 2.75) is 42.5 Å². The molecule has 1 heterocycles. The Labute approximate surface area is 149 Å². The highest BCUT2D eigenvalue weighted by molar-refractivity contribution is 7.89. The van der Waals surface area contributed by atoms with E-state index in [0.717, 1.165) is 19.3 Å². The molecule has 7 heteroatoms. The van der Waals surface area contributed by atoms with Crippen LogP contribution in [0, 0.1) is 5.92 Å². The van der Waals surface area contributed by atoms with Crippen molar-refractivity contribution < 1.29 is 17.9 Å². The van der Waals surface area contributed by atoms with Gasteiger partial charge in [-0.1, -0.05) is 24.6 Å². The number of carbonyl (C=O) groups is 1. The molecule has 1 N–H and O–H groups in total. The first-order chi connectivity index (χ1) is 12.0. The quantitative estimate of drug-likeness (QED) is 0.798. The van der Waals surface area contributed by atoms with Crippen LogP contribution in [-0.2, 0) is 19.6 Å². The molecule has 1 aromatic rings. The minimum atomic E-state index is -3.64. The molecule has 0 bridgehead atoms. The number of sulfonamides is 1. The molecule has 138 valence electrons. The number of rotatable bonds is 7. The highest BCUT2D eigenvalue weighted by Gasteiger charge is 2.44. The molecule has 1 saturated heterocycles. The minimum Gasteiger partial charge on any atom is -0.385 e. The third-order valence-corrected chi connectivity index (χ3v) is 6.90. The Morgan fingerprint density at radius 1 is 1.32 bits per heavy atom.